The number of fused-ring (bicyclic) bond motifs is 1. The van der Waals surface area contributed by atoms with Crippen molar-refractivity contribution >= 4 is 0 Å². The molecule has 0 spiro atoms. The van der Waals surface area contributed by atoms with Crippen LogP contribution in [0.15, 0.2) is 36.5 Å². The number of hydrogen-bond acceptors (Lipinski definition) is 0. The molecule has 0 nitrogen and oxygen atoms in total. The first-order valence-electron chi connectivity index (χ1n) is 3.90. The lowest BCUT2D eigenvalue weighted by molar-refractivity contribution is 0.471. The summed E-state index contributed by atoms with van der Waals surface area (Å²) in [5, 5.41) is 0. The molecule has 52 valence electrons. The van der Waals surface area contributed by atoms with E-state index in [0.29, 0.717) is 5.92 Å². The maximum Gasteiger partial charge on any atom is 0.00461 e. The lowest BCUT2D eigenvalue weighted by Crippen LogP contribution is -2.11. The molecule has 2 aliphatic rings. The zero-order chi connectivity index (χ0) is 6.97. The Bertz CT molecular complexity index is 208. The Morgan fingerprint density at radius 2 is 2.10 bits per heavy atom. The van der Waals surface area contributed by atoms with Gasteiger partial charge < -0.3 is 0 Å². The van der Waals surface area contributed by atoms with Crippen molar-refractivity contribution in [2.75, 3.05) is 0 Å². The summed E-state index contributed by atoms with van der Waals surface area (Å²) in [5.41, 5.74) is 1.30. The molecule has 0 N–H and O–H groups in total. The summed E-state index contributed by atoms with van der Waals surface area (Å²) in [6.07, 6.45) is 11.5. The summed E-state index contributed by atoms with van der Waals surface area (Å²) in [7, 11) is 0. The van der Waals surface area contributed by atoms with Crippen LogP contribution in [0.1, 0.15) is 12.8 Å². The van der Waals surface area contributed by atoms with E-state index in [1.807, 2.05) is 0 Å². The molecule has 2 aliphatic carbocycles. The van der Waals surface area contributed by atoms with Gasteiger partial charge in [-0.15, -0.1) is 0 Å². The molecule has 0 aromatic heterocycles. The monoisotopic (exact) mass is 132 g/mol. The van der Waals surface area contributed by atoms with Crippen LogP contribution in [0.5, 0.6) is 0 Å². The molecule has 2 unspecified atom stereocenters. The molecule has 0 heterocycles. The summed E-state index contributed by atoms with van der Waals surface area (Å²) in [6, 6.07) is 0. The molecule has 0 aromatic rings. The molecule has 0 saturated carbocycles. The number of allylic oxidation sites excluding steroid dienone is 5. The standard InChI is InChI=1S/C10H12/c1-8-4-2-5-9-6-3-7-10(8)9/h2-4,7,9-10H,1,5-6H2. The predicted octanol–water partition coefficient (Wildman–Crippen LogP) is 2.69. The van der Waals surface area contributed by atoms with E-state index in [1.54, 1.807) is 0 Å². The van der Waals surface area contributed by atoms with E-state index in [4.69, 9.17) is 0 Å². The third kappa shape index (κ3) is 0.756. The molecule has 0 aliphatic heterocycles. The molecule has 2 atom stereocenters. The van der Waals surface area contributed by atoms with Gasteiger partial charge in [-0.1, -0.05) is 30.9 Å². The van der Waals surface area contributed by atoms with E-state index in [9.17, 15) is 0 Å². The van der Waals surface area contributed by atoms with E-state index in [1.165, 1.54) is 18.4 Å². The van der Waals surface area contributed by atoms with Crippen molar-refractivity contribution in [1.82, 2.24) is 0 Å². The van der Waals surface area contributed by atoms with Gasteiger partial charge in [0.15, 0.2) is 0 Å². The molecule has 2 rings (SSSR count). The van der Waals surface area contributed by atoms with Gasteiger partial charge in [-0.3, -0.25) is 0 Å². The molecule has 0 bridgehead atoms. The van der Waals surface area contributed by atoms with Gasteiger partial charge in [0.25, 0.3) is 0 Å². The third-order valence-electron chi connectivity index (χ3n) is 2.49. The molecule has 10 heavy (non-hydrogen) atoms. The van der Waals surface area contributed by atoms with Crippen molar-refractivity contribution in [3.05, 3.63) is 36.5 Å². The molecule has 0 amide bonds. The predicted molar refractivity (Wildman–Crippen MR) is 43.6 cm³/mol. The summed E-state index contributed by atoms with van der Waals surface area (Å²) in [4.78, 5) is 0. The average Bonchev–Trinajstić information content (AvgIpc) is 2.36. The van der Waals surface area contributed by atoms with Crippen LogP contribution < -0.4 is 0 Å². The fraction of sp³-hybridized carbons (Fsp3) is 0.400. The van der Waals surface area contributed by atoms with Crippen LogP contribution in [0.2, 0.25) is 0 Å². The van der Waals surface area contributed by atoms with E-state index in [-0.39, 0.29) is 0 Å². The summed E-state index contributed by atoms with van der Waals surface area (Å²) >= 11 is 0. The van der Waals surface area contributed by atoms with E-state index in [2.05, 4.69) is 30.9 Å². The van der Waals surface area contributed by atoms with E-state index < -0.39 is 0 Å². The second-order valence-corrected chi connectivity index (χ2v) is 3.16. The Hall–Kier alpha value is -0.780. The fourth-order valence-corrected chi connectivity index (χ4v) is 1.88. The summed E-state index contributed by atoms with van der Waals surface area (Å²) in [6.45, 7) is 4.02. The van der Waals surface area contributed by atoms with Gasteiger partial charge in [0.05, 0.1) is 0 Å². The minimum Gasteiger partial charge on any atom is -0.0952 e. The van der Waals surface area contributed by atoms with E-state index >= 15 is 0 Å². The molecule has 0 saturated heterocycles. The highest BCUT2D eigenvalue weighted by molar-refractivity contribution is 5.29. The van der Waals surface area contributed by atoms with Crippen LogP contribution in [0, 0.1) is 11.8 Å². The number of rotatable bonds is 0. The molecule has 0 heteroatoms. The Morgan fingerprint density at radius 1 is 1.30 bits per heavy atom. The zero-order valence-electron chi connectivity index (χ0n) is 6.09. The van der Waals surface area contributed by atoms with Crippen molar-refractivity contribution in [2.24, 2.45) is 11.8 Å². The number of hydrogen-bond donors (Lipinski definition) is 0. The van der Waals surface area contributed by atoms with Crippen molar-refractivity contribution in [1.29, 1.82) is 0 Å². The average molecular weight is 132 g/mol. The third-order valence-corrected chi connectivity index (χ3v) is 2.49. The highest BCUT2D eigenvalue weighted by Gasteiger charge is 2.24. The van der Waals surface area contributed by atoms with Crippen LogP contribution >= 0.6 is 0 Å². The minimum atomic E-state index is 0.671. The quantitative estimate of drug-likeness (QED) is 0.444. The van der Waals surface area contributed by atoms with Crippen molar-refractivity contribution < 1.29 is 0 Å². The van der Waals surface area contributed by atoms with Crippen LogP contribution in [-0.4, -0.2) is 0 Å². The van der Waals surface area contributed by atoms with Crippen LogP contribution in [-0.2, 0) is 0 Å². The summed E-state index contributed by atoms with van der Waals surface area (Å²) in [5.74, 6) is 1.52. The first-order valence-corrected chi connectivity index (χ1v) is 3.90. The van der Waals surface area contributed by atoms with Crippen molar-refractivity contribution in [3.63, 3.8) is 0 Å². The van der Waals surface area contributed by atoms with Gasteiger partial charge in [0, 0.05) is 5.92 Å². The smallest absolute Gasteiger partial charge is 0.00461 e. The Morgan fingerprint density at radius 3 is 2.90 bits per heavy atom. The second kappa shape index (κ2) is 2.12. The second-order valence-electron chi connectivity index (χ2n) is 3.16. The van der Waals surface area contributed by atoms with E-state index in [0.717, 1.165) is 5.92 Å². The van der Waals surface area contributed by atoms with Gasteiger partial charge in [-0.2, -0.15) is 0 Å². The van der Waals surface area contributed by atoms with Crippen molar-refractivity contribution in [3.8, 4) is 0 Å². The normalized spacial score (nSPS) is 36.6. The lowest BCUT2D eigenvalue weighted by Gasteiger charge is -2.22. The minimum absolute atomic E-state index is 0.671. The maximum absolute atomic E-state index is 4.02. The van der Waals surface area contributed by atoms with Gasteiger partial charge in [-0.05, 0) is 24.3 Å². The summed E-state index contributed by atoms with van der Waals surface area (Å²) < 4.78 is 0. The first kappa shape index (κ1) is 5.96. The van der Waals surface area contributed by atoms with Gasteiger partial charge in [0.2, 0.25) is 0 Å². The largest absolute Gasteiger partial charge is 0.0952 e. The SMILES string of the molecule is C=C1C=CCC2CC=CC12. The molecule has 0 fully saturated rings. The Labute approximate surface area is 61.9 Å². The first-order chi connectivity index (χ1) is 4.88. The highest BCUT2D eigenvalue weighted by atomic mass is 14.3. The van der Waals surface area contributed by atoms with Gasteiger partial charge in [0.1, 0.15) is 0 Å². The van der Waals surface area contributed by atoms with Crippen LogP contribution in [0.25, 0.3) is 0 Å². The van der Waals surface area contributed by atoms with Gasteiger partial charge in [-0.25, -0.2) is 0 Å². The van der Waals surface area contributed by atoms with Crippen LogP contribution in [0.4, 0.5) is 0 Å². The molecule has 0 radical (unpaired) electrons. The molecular formula is C10H12. The zero-order valence-corrected chi connectivity index (χ0v) is 6.09. The lowest BCUT2D eigenvalue weighted by atomic mass is 9.83. The highest BCUT2D eigenvalue weighted by Crippen LogP contribution is 2.36. The Balaban J connectivity index is 2.27. The fourth-order valence-electron chi connectivity index (χ4n) is 1.88. The molecule has 0 aromatic carbocycles. The Kier molecular flexibility index (Phi) is 1.26. The topological polar surface area (TPSA) is 0 Å². The van der Waals surface area contributed by atoms with Crippen molar-refractivity contribution in [2.45, 2.75) is 12.8 Å². The molecular weight excluding hydrogens is 120 g/mol. The maximum atomic E-state index is 4.02. The van der Waals surface area contributed by atoms with Gasteiger partial charge >= 0.3 is 0 Å². The van der Waals surface area contributed by atoms with Crippen LogP contribution in [0.3, 0.4) is 0 Å².